The second kappa shape index (κ2) is 8.29. The molecule has 0 bridgehead atoms. The Kier molecular flexibility index (Phi) is 5.40. The van der Waals surface area contributed by atoms with Crippen molar-refractivity contribution in [1.29, 1.82) is 0 Å². The molecule has 4 rings (SSSR count). The molecule has 0 radical (unpaired) electrons. The molecule has 3 aromatic carbocycles. The van der Waals surface area contributed by atoms with Gasteiger partial charge in [0.2, 0.25) is 5.13 Å². The molecule has 1 aromatic heterocycles. The van der Waals surface area contributed by atoms with Gasteiger partial charge in [-0.3, -0.25) is 5.43 Å². The summed E-state index contributed by atoms with van der Waals surface area (Å²) in [6.07, 6.45) is 1.59. The third-order valence-corrected chi connectivity index (χ3v) is 5.75. The van der Waals surface area contributed by atoms with Crippen LogP contribution in [0.15, 0.2) is 77.9 Å². The highest BCUT2D eigenvalue weighted by atomic mass is 32.1. The van der Waals surface area contributed by atoms with Crippen LogP contribution >= 0.6 is 11.3 Å². The predicted molar refractivity (Wildman–Crippen MR) is 122 cm³/mol. The molecular weight excluding hydrogens is 378 g/mol. The maximum atomic E-state index is 9.87. The standard InChI is InChI=1S/C24H21N3OS/c1-16-12-13-19(14-17(16)2)22-23(18-8-4-3-5-9-18)29-24(26-22)27-25-15-20-10-6-7-11-21(20)28/h3-15,28H,1-2H3,(H,26,27)/b25-15-. The SMILES string of the molecule is Cc1ccc(-c2nc(N/N=C\c3ccccc3O)sc2-c2ccccc2)cc1C. The molecule has 1 heterocycles. The van der Waals surface area contributed by atoms with Gasteiger partial charge in [0.15, 0.2) is 0 Å². The molecule has 4 nitrogen and oxygen atoms in total. The third kappa shape index (κ3) is 4.20. The van der Waals surface area contributed by atoms with Crippen LogP contribution in [0.25, 0.3) is 21.7 Å². The van der Waals surface area contributed by atoms with Crippen molar-refractivity contribution in [2.24, 2.45) is 5.10 Å². The first-order chi connectivity index (χ1) is 14.1. The number of hydrogen-bond acceptors (Lipinski definition) is 5. The molecular formula is C24H21N3OS. The summed E-state index contributed by atoms with van der Waals surface area (Å²) in [5, 5.41) is 14.8. The number of anilines is 1. The van der Waals surface area contributed by atoms with Gasteiger partial charge < -0.3 is 5.11 Å². The Morgan fingerprint density at radius 2 is 1.66 bits per heavy atom. The summed E-state index contributed by atoms with van der Waals surface area (Å²) in [6, 6.07) is 23.7. The van der Waals surface area contributed by atoms with E-state index in [0.717, 1.165) is 21.7 Å². The van der Waals surface area contributed by atoms with Crippen LogP contribution in [-0.2, 0) is 0 Å². The van der Waals surface area contributed by atoms with E-state index in [0.29, 0.717) is 10.7 Å². The maximum absolute atomic E-state index is 9.87. The number of nitrogens with one attached hydrogen (secondary N) is 1. The summed E-state index contributed by atoms with van der Waals surface area (Å²) in [5.41, 5.74) is 9.30. The minimum Gasteiger partial charge on any atom is -0.507 e. The number of phenolic OH excluding ortho intramolecular Hbond substituents is 1. The lowest BCUT2D eigenvalue weighted by Crippen LogP contribution is -1.91. The van der Waals surface area contributed by atoms with Crippen LogP contribution in [0.5, 0.6) is 5.75 Å². The Labute approximate surface area is 174 Å². The largest absolute Gasteiger partial charge is 0.507 e. The monoisotopic (exact) mass is 399 g/mol. The van der Waals surface area contributed by atoms with Crippen molar-refractivity contribution < 1.29 is 5.11 Å². The first-order valence-corrected chi connectivity index (χ1v) is 10.1. The number of aryl methyl sites for hydroxylation is 2. The van der Waals surface area contributed by atoms with Gasteiger partial charge >= 0.3 is 0 Å². The van der Waals surface area contributed by atoms with Crippen molar-refractivity contribution in [2.75, 3.05) is 5.43 Å². The quantitative estimate of drug-likeness (QED) is 0.308. The molecule has 0 spiro atoms. The average molecular weight is 400 g/mol. The van der Waals surface area contributed by atoms with Crippen LogP contribution in [0.4, 0.5) is 5.13 Å². The average Bonchev–Trinajstić information content (AvgIpc) is 3.16. The molecule has 2 N–H and O–H groups in total. The second-order valence-electron chi connectivity index (χ2n) is 6.79. The molecule has 5 heteroatoms. The fourth-order valence-electron chi connectivity index (χ4n) is 2.99. The molecule has 0 aliphatic carbocycles. The summed E-state index contributed by atoms with van der Waals surface area (Å²) >= 11 is 1.56. The normalized spacial score (nSPS) is 11.1. The number of thiazole rings is 1. The maximum Gasteiger partial charge on any atom is 0.204 e. The summed E-state index contributed by atoms with van der Waals surface area (Å²) in [7, 11) is 0. The zero-order chi connectivity index (χ0) is 20.2. The lowest BCUT2D eigenvalue weighted by atomic mass is 10.0. The smallest absolute Gasteiger partial charge is 0.204 e. The van der Waals surface area contributed by atoms with Gasteiger partial charge in [-0.05, 0) is 48.7 Å². The van der Waals surface area contributed by atoms with Gasteiger partial charge in [-0.1, -0.05) is 65.9 Å². The minimum absolute atomic E-state index is 0.193. The molecule has 0 aliphatic heterocycles. The third-order valence-electron chi connectivity index (χ3n) is 4.74. The van der Waals surface area contributed by atoms with Crippen molar-refractivity contribution in [2.45, 2.75) is 13.8 Å². The highest BCUT2D eigenvalue weighted by molar-refractivity contribution is 7.19. The Morgan fingerprint density at radius 1 is 0.897 bits per heavy atom. The molecule has 0 unspecified atom stereocenters. The van der Waals surface area contributed by atoms with Crippen molar-refractivity contribution in [3.63, 3.8) is 0 Å². The van der Waals surface area contributed by atoms with Gasteiger partial charge in [0.1, 0.15) is 5.75 Å². The molecule has 0 saturated carbocycles. The number of aromatic nitrogens is 1. The lowest BCUT2D eigenvalue weighted by Gasteiger charge is -2.05. The number of phenols is 1. The number of para-hydroxylation sites is 1. The number of aromatic hydroxyl groups is 1. The van der Waals surface area contributed by atoms with Gasteiger partial charge in [-0.15, -0.1) is 0 Å². The van der Waals surface area contributed by atoms with Gasteiger partial charge in [0.25, 0.3) is 0 Å². The van der Waals surface area contributed by atoms with Crippen LogP contribution in [-0.4, -0.2) is 16.3 Å². The predicted octanol–water partition coefficient (Wildman–Crippen LogP) is 6.25. The Hall–Kier alpha value is -3.44. The summed E-state index contributed by atoms with van der Waals surface area (Å²) in [5.74, 6) is 0.193. The van der Waals surface area contributed by atoms with Crippen molar-refractivity contribution in [3.05, 3.63) is 89.5 Å². The van der Waals surface area contributed by atoms with Gasteiger partial charge in [0.05, 0.1) is 16.8 Å². The zero-order valence-corrected chi connectivity index (χ0v) is 17.1. The highest BCUT2D eigenvalue weighted by Crippen LogP contribution is 2.39. The van der Waals surface area contributed by atoms with E-state index in [1.54, 1.807) is 35.8 Å². The molecule has 0 atom stereocenters. The van der Waals surface area contributed by atoms with Crippen molar-refractivity contribution >= 4 is 22.7 Å². The molecule has 0 amide bonds. The molecule has 29 heavy (non-hydrogen) atoms. The van der Waals surface area contributed by atoms with Crippen molar-refractivity contribution in [1.82, 2.24) is 4.98 Å². The second-order valence-corrected chi connectivity index (χ2v) is 7.79. The van der Waals surface area contributed by atoms with E-state index in [4.69, 9.17) is 4.98 Å². The summed E-state index contributed by atoms with van der Waals surface area (Å²) in [4.78, 5) is 5.90. The van der Waals surface area contributed by atoms with E-state index < -0.39 is 0 Å². The van der Waals surface area contributed by atoms with Crippen LogP contribution < -0.4 is 5.43 Å². The molecule has 0 fully saturated rings. The topological polar surface area (TPSA) is 57.5 Å². The van der Waals surface area contributed by atoms with E-state index in [9.17, 15) is 5.11 Å². The molecule has 0 saturated heterocycles. The first kappa shape index (κ1) is 18.9. The van der Waals surface area contributed by atoms with Gasteiger partial charge in [0, 0.05) is 11.1 Å². The van der Waals surface area contributed by atoms with Gasteiger partial charge in [-0.25, -0.2) is 4.98 Å². The lowest BCUT2D eigenvalue weighted by molar-refractivity contribution is 0.474. The van der Waals surface area contributed by atoms with Crippen LogP contribution in [0, 0.1) is 13.8 Å². The summed E-state index contributed by atoms with van der Waals surface area (Å²) < 4.78 is 0. The molecule has 0 aliphatic rings. The van der Waals surface area contributed by atoms with E-state index >= 15 is 0 Å². The number of benzene rings is 3. The Balaban J connectivity index is 1.70. The zero-order valence-electron chi connectivity index (χ0n) is 16.3. The molecule has 144 valence electrons. The van der Waals surface area contributed by atoms with Crippen LogP contribution in [0.2, 0.25) is 0 Å². The minimum atomic E-state index is 0.193. The summed E-state index contributed by atoms with van der Waals surface area (Å²) in [6.45, 7) is 4.22. The number of nitrogens with zero attached hydrogens (tertiary/aromatic N) is 2. The van der Waals surface area contributed by atoms with E-state index in [1.165, 1.54) is 11.1 Å². The number of rotatable bonds is 5. The Morgan fingerprint density at radius 3 is 2.41 bits per heavy atom. The van der Waals surface area contributed by atoms with Crippen LogP contribution in [0.1, 0.15) is 16.7 Å². The highest BCUT2D eigenvalue weighted by Gasteiger charge is 2.15. The Bertz CT molecular complexity index is 1170. The van der Waals surface area contributed by atoms with Crippen LogP contribution in [0.3, 0.4) is 0 Å². The van der Waals surface area contributed by atoms with Crippen molar-refractivity contribution in [3.8, 4) is 27.4 Å². The number of hydrazone groups is 1. The van der Waals surface area contributed by atoms with E-state index in [1.807, 2.05) is 24.3 Å². The van der Waals surface area contributed by atoms with E-state index in [-0.39, 0.29) is 5.75 Å². The number of hydrogen-bond donors (Lipinski definition) is 2. The molecule has 4 aromatic rings. The first-order valence-electron chi connectivity index (χ1n) is 9.33. The van der Waals surface area contributed by atoms with E-state index in [2.05, 4.69) is 54.7 Å². The fraction of sp³-hybridized carbons (Fsp3) is 0.0833. The fourth-order valence-corrected chi connectivity index (χ4v) is 3.93. The van der Waals surface area contributed by atoms with Gasteiger partial charge in [-0.2, -0.15) is 5.10 Å².